The molecule has 1 fully saturated rings. The van der Waals surface area contributed by atoms with E-state index in [1.807, 2.05) is 13.1 Å². The number of hydrogen-bond donors (Lipinski definition) is 1. The molecule has 2 aromatic rings. The monoisotopic (exact) mass is 373 g/mol. The largest absolute Gasteiger partial charge is 0.336 e. The van der Waals surface area contributed by atoms with Crippen molar-refractivity contribution in [2.75, 3.05) is 37.9 Å². The predicted molar refractivity (Wildman–Crippen MR) is 102 cm³/mol. The molecule has 0 atom stereocenters. The van der Waals surface area contributed by atoms with Crippen LogP contribution in [0, 0.1) is 6.92 Å². The van der Waals surface area contributed by atoms with Gasteiger partial charge in [0.15, 0.2) is 0 Å². The van der Waals surface area contributed by atoms with Crippen molar-refractivity contribution in [1.29, 1.82) is 0 Å². The lowest BCUT2D eigenvalue weighted by atomic mass is 10.1. The Morgan fingerprint density at radius 1 is 1.00 bits per heavy atom. The van der Waals surface area contributed by atoms with Crippen LogP contribution in [0.4, 0.5) is 5.69 Å². The summed E-state index contributed by atoms with van der Waals surface area (Å²) in [5.74, 6) is -0.130. The number of nitrogens with zero attached hydrogens (tertiary/aromatic N) is 2. The van der Waals surface area contributed by atoms with Gasteiger partial charge in [-0.1, -0.05) is 24.3 Å². The lowest BCUT2D eigenvalue weighted by Crippen LogP contribution is -2.47. The van der Waals surface area contributed by atoms with Crippen LogP contribution in [0.3, 0.4) is 0 Å². The van der Waals surface area contributed by atoms with Crippen molar-refractivity contribution in [3.8, 4) is 0 Å². The second-order valence-electron chi connectivity index (χ2n) is 6.55. The van der Waals surface area contributed by atoms with E-state index in [9.17, 15) is 13.2 Å². The maximum Gasteiger partial charge on any atom is 0.262 e. The molecule has 1 aliphatic rings. The molecule has 0 aromatic heterocycles. The molecule has 0 radical (unpaired) electrons. The zero-order chi connectivity index (χ0) is 18.7. The van der Waals surface area contributed by atoms with E-state index in [0.29, 0.717) is 29.9 Å². The summed E-state index contributed by atoms with van der Waals surface area (Å²) in [6, 6.07) is 13.6. The second-order valence-corrected chi connectivity index (χ2v) is 8.20. The molecule has 7 heteroatoms. The number of carbonyl (C=O) groups is 1. The number of likely N-dealkylation sites (N-methyl/N-ethyl adjacent to an activating group) is 1. The Morgan fingerprint density at radius 2 is 1.65 bits per heavy atom. The first-order chi connectivity index (χ1) is 12.4. The summed E-state index contributed by atoms with van der Waals surface area (Å²) >= 11 is 0. The van der Waals surface area contributed by atoms with Gasteiger partial charge in [-0.05, 0) is 43.8 Å². The van der Waals surface area contributed by atoms with E-state index in [2.05, 4.69) is 9.62 Å². The fourth-order valence-corrected chi connectivity index (χ4v) is 4.26. The zero-order valence-corrected chi connectivity index (χ0v) is 15.8. The number of piperazine rings is 1. The number of para-hydroxylation sites is 1. The quantitative estimate of drug-likeness (QED) is 0.892. The molecule has 26 heavy (non-hydrogen) atoms. The molecule has 0 bridgehead atoms. The van der Waals surface area contributed by atoms with Crippen molar-refractivity contribution < 1.29 is 13.2 Å². The average Bonchev–Trinajstić information content (AvgIpc) is 2.62. The van der Waals surface area contributed by atoms with Gasteiger partial charge in [0.05, 0.1) is 4.90 Å². The Morgan fingerprint density at radius 3 is 2.31 bits per heavy atom. The molecule has 1 heterocycles. The highest BCUT2D eigenvalue weighted by Crippen LogP contribution is 2.22. The molecular weight excluding hydrogens is 350 g/mol. The molecule has 3 rings (SSSR count). The van der Waals surface area contributed by atoms with Crippen molar-refractivity contribution in [2.45, 2.75) is 11.8 Å². The molecule has 138 valence electrons. The summed E-state index contributed by atoms with van der Waals surface area (Å²) in [6.07, 6.45) is 0. The third-order valence-corrected chi connectivity index (χ3v) is 6.06. The topological polar surface area (TPSA) is 69.7 Å². The summed E-state index contributed by atoms with van der Waals surface area (Å²) in [6.45, 7) is 4.65. The van der Waals surface area contributed by atoms with Crippen molar-refractivity contribution in [3.05, 3.63) is 59.7 Å². The van der Waals surface area contributed by atoms with Crippen LogP contribution < -0.4 is 4.72 Å². The van der Waals surface area contributed by atoms with Gasteiger partial charge in [-0.3, -0.25) is 9.52 Å². The molecule has 0 saturated carbocycles. The minimum absolute atomic E-state index is 0.126. The van der Waals surface area contributed by atoms with E-state index >= 15 is 0 Å². The normalized spacial score (nSPS) is 15.7. The predicted octanol–water partition coefficient (Wildman–Crippen LogP) is 2.18. The first-order valence-corrected chi connectivity index (χ1v) is 10.0. The molecule has 0 spiro atoms. The number of hydrogen-bond acceptors (Lipinski definition) is 4. The average molecular weight is 373 g/mol. The number of sulfonamides is 1. The van der Waals surface area contributed by atoms with E-state index in [1.165, 1.54) is 6.07 Å². The van der Waals surface area contributed by atoms with E-state index in [1.54, 1.807) is 48.2 Å². The van der Waals surface area contributed by atoms with Gasteiger partial charge in [-0.25, -0.2) is 8.42 Å². The van der Waals surface area contributed by atoms with E-state index in [0.717, 1.165) is 13.1 Å². The smallest absolute Gasteiger partial charge is 0.262 e. The van der Waals surface area contributed by atoms with Crippen LogP contribution in [0.25, 0.3) is 0 Å². The van der Waals surface area contributed by atoms with E-state index < -0.39 is 10.0 Å². The highest BCUT2D eigenvalue weighted by Gasteiger charge is 2.23. The standard InChI is InChI=1S/C19H23N3O3S/c1-15-8-9-16(19(23)22-12-10-21(2)11-13-22)14-18(15)26(24,25)20-17-6-4-3-5-7-17/h3-9,14,20H,10-13H2,1-2H3. The van der Waals surface area contributed by atoms with Crippen LogP contribution in [-0.4, -0.2) is 57.4 Å². The second kappa shape index (κ2) is 7.47. The fraction of sp³-hybridized carbons (Fsp3) is 0.316. The summed E-state index contributed by atoms with van der Waals surface area (Å²) in [5, 5.41) is 0. The molecule has 0 aliphatic carbocycles. The maximum atomic E-state index is 12.8. The van der Waals surface area contributed by atoms with E-state index in [-0.39, 0.29) is 10.8 Å². The van der Waals surface area contributed by atoms with Crippen LogP contribution in [0.15, 0.2) is 53.4 Å². The molecule has 1 aliphatic heterocycles. The molecule has 1 N–H and O–H groups in total. The molecule has 2 aromatic carbocycles. The van der Waals surface area contributed by atoms with Gasteiger partial charge < -0.3 is 9.80 Å². The number of aryl methyl sites for hydroxylation is 1. The van der Waals surface area contributed by atoms with Gasteiger partial charge in [0.25, 0.3) is 15.9 Å². The van der Waals surface area contributed by atoms with Crippen molar-refractivity contribution in [1.82, 2.24) is 9.80 Å². The number of amides is 1. The van der Waals surface area contributed by atoms with Gasteiger partial charge in [0, 0.05) is 37.4 Å². The van der Waals surface area contributed by atoms with Gasteiger partial charge in [-0.15, -0.1) is 0 Å². The number of carbonyl (C=O) groups excluding carboxylic acids is 1. The Balaban J connectivity index is 1.86. The highest BCUT2D eigenvalue weighted by atomic mass is 32.2. The number of anilines is 1. The Kier molecular flexibility index (Phi) is 5.29. The van der Waals surface area contributed by atoms with Crippen LogP contribution in [0.1, 0.15) is 15.9 Å². The Labute approximate surface area is 154 Å². The van der Waals surface area contributed by atoms with Crippen LogP contribution in [-0.2, 0) is 10.0 Å². The van der Waals surface area contributed by atoms with Crippen molar-refractivity contribution in [2.24, 2.45) is 0 Å². The lowest BCUT2D eigenvalue weighted by Gasteiger charge is -2.32. The number of benzene rings is 2. The minimum Gasteiger partial charge on any atom is -0.336 e. The van der Waals surface area contributed by atoms with Gasteiger partial charge in [-0.2, -0.15) is 0 Å². The van der Waals surface area contributed by atoms with Gasteiger partial charge in [0.1, 0.15) is 0 Å². The third kappa shape index (κ3) is 4.05. The fourth-order valence-electron chi connectivity index (χ4n) is 2.93. The molecule has 0 unspecified atom stereocenters. The Hall–Kier alpha value is -2.38. The van der Waals surface area contributed by atoms with Gasteiger partial charge in [0.2, 0.25) is 0 Å². The SMILES string of the molecule is Cc1ccc(C(=O)N2CCN(C)CC2)cc1S(=O)(=O)Nc1ccccc1. The van der Waals surface area contributed by atoms with Crippen LogP contribution in [0.2, 0.25) is 0 Å². The minimum atomic E-state index is -3.77. The number of rotatable bonds is 4. The lowest BCUT2D eigenvalue weighted by molar-refractivity contribution is 0.0664. The first kappa shape index (κ1) is 18.4. The summed E-state index contributed by atoms with van der Waals surface area (Å²) < 4.78 is 28.1. The summed E-state index contributed by atoms with van der Waals surface area (Å²) in [7, 11) is -1.75. The van der Waals surface area contributed by atoms with Crippen LogP contribution in [0.5, 0.6) is 0 Å². The molecule has 1 saturated heterocycles. The zero-order valence-electron chi connectivity index (χ0n) is 15.0. The highest BCUT2D eigenvalue weighted by molar-refractivity contribution is 7.92. The molecule has 1 amide bonds. The van der Waals surface area contributed by atoms with E-state index in [4.69, 9.17) is 0 Å². The Bertz CT molecular complexity index is 890. The van der Waals surface area contributed by atoms with Crippen LogP contribution >= 0.6 is 0 Å². The summed E-state index contributed by atoms with van der Waals surface area (Å²) in [5.41, 5.74) is 1.49. The first-order valence-electron chi connectivity index (χ1n) is 8.53. The number of nitrogens with one attached hydrogen (secondary N) is 1. The third-order valence-electron chi connectivity index (χ3n) is 4.54. The maximum absolute atomic E-state index is 12.8. The van der Waals surface area contributed by atoms with Crippen molar-refractivity contribution >= 4 is 21.6 Å². The van der Waals surface area contributed by atoms with Crippen molar-refractivity contribution in [3.63, 3.8) is 0 Å². The van der Waals surface area contributed by atoms with Gasteiger partial charge >= 0.3 is 0 Å². The molecular formula is C19H23N3O3S. The summed E-state index contributed by atoms with van der Waals surface area (Å²) in [4.78, 5) is 16.8. The molecule has 6 nitrogen and oxygen atoms in total.